The molecule has 1 aliphatic rings. The number of rotatable bonds is 9. The summed E-state index contributed by atoms with van der Waals surface area (Å²) in [4.78, 5) is 40.3. The lowest BCUT2D eigenvalue weighted by Gasteiger charge is -2.42. The van der Waals surface area contributed by atoms with Crippen molar-refractivity contribution in [1.82, 2.24) is 4.90 Å². The Kier molecular flexibility index (Phi) is 8.68. The van der Waals surface area contributed by atoms with Crippen molar-refractivity contribution < 1.29 is 23.5 Å². The van der Waals surface area contributed by atoms with Gasteiger partial charge in [-0.1, -0.05) is 71.9 Å². The normalized spacial score (nSPS) is 19.9. The molecule has 7 heteroatoms. The number of carbonyl (C=O) groups excluding carboxylic acids is 3. The number of carbonyl (C=O) groups is 3. The summed E-state index contributed by atoms with van der Waals surface area (Å²) in [5.41, 5.74) is 1.01. The van der Waals surface area contributed by atoms with Gasteiger partial charge in [0, 0.05) is 5.92 Å². The molecular weight excluding hydrogens is 434 g/mol. The van der Waals surface area contributed by atoms with Crippen molar-refractivity contribution in [2.75, 3.05) is 6.61 Å². The Morgan fingerprint density at radius 1 is 1.12 bits per heavy atom. The van der Waals surface area contributed by atoms with Gasteiger partial charge in [0.05, 0.1) is 18.1 Å². The highest BCUT2D eigenvalue weighted by Crippen LogP contribution is 2.39. The minimum atomic E-state index is -2.11. The predicted octanol–water partition coefficient (Wildman–Crippen LogP) is 5.46. The molecule has 33 heavy (non-hydrogen) atoms. The van der Waals surface area contributed by atoms with Crippen LogP contribution in [0.5, 0.6) is 0 Å². The summed E-state index contributed by atoms with van der Waals surface area (Å²) in [5, 5.41) is 0.00825. The van der Waals surface area contributed by atoms with E-state index in [1.807, 2.05) is 51.1 Å². The van der Waals surface area contributed by atoms with Crippen LogP contribution in [-0.4, -0.2) is 49.8 Å². The molecule has 2 amide bonds. The maximum Gasteiger partial charge on any atom is 0.417 e. The van der Waals surface area contributed by atoms with Crippen LogP contribution in [0.25, 0.3) is 0 Å². The number of cyclic esters (lactones) is 1. The van der Waals surface area contributed by atoms with Crippen LogP contribution in [-0.2, 0) is 25.2 Å². The first-order chi connectivity index (χ1) is 15.2. The van der Waals surface area contributed by atoms with Crippen molar-refractivity contribution in [2.45, 2.75) is 85.2 Å². The fourth-order valence-corrected chi connectivity index (χ4v) is 5.50. The second-order valence-electron chi connectivity index (χ2n) is 11.1. The summed E-state index contributed by atoms with van der Waals surface area (Å²) >= 11 is 0. The number of nitrogens with zero attached hydrogens (tertiary/aromatic N) is 1. The van der Waals surface area contributed by atoms with Gasteiger partial charge in [0.2, 0.25) is 5.91 Å². The second-order valence-corrected chi connectivity index (χ2v) is 15.9. The molecule has 1 aromatic rings. The molecule has 0 radical (unpaired) electrons. The number of ether oxygens (including phenoxy) is 1. The summed E-state index contributed by atoms with van der Waals surface area (Å²) in [7, 11) is -2.11. The van der Waals surface area contributed by atoms with Crippen molar-refractivity contribution in [1.29, 1.82) is 0 Å². The Morgan fingerprint density at radius 2 is 1.70 bits per heavy atom. The van der Waals surface area contributed by atoms with Crippen molar-refractivity contribution in [3.8, 4) is 0 Å². The van der Waals surface area contributed by atoms with Crippen LogP contribution < -0.4 is 0 Å². The van der Waals surface area contributed by atoms with Gasteiger partial charge in [0.15, 0.2) is 8.32 Å². The Labute approximate surface area is 200 Å². The van der Waals surface area contributed by atoms with Gasteiger partial charge in [-0.05, 0) is 43.0 Å². The van der Waals surface area contributed by atoms with Crippen LogP contribution in [0.2, 0.25) is 18.1 Å². The second kappa shape index (κ2) is 10.5. The Morgan fingerprint density at radius 3 is 2.21 bits per heavy atom. The molecule has 0 spiro atoms. The maximum absolute atomic E-state index is 13.4. The molecular formula is C26H41NO5Si. The summed E-state index contributed by atoms with van der Waals surface area (Å²) in [6.07, 6.45) is -0.469. The van der Waals surface area contributed by atoms with Crippen LogP contribution in [0, 0.1) is 17.8 Å². The smallest absolute Gasteiger partial charge is 0.417 e. The van der Waals surface area contributed by atoms with E-state index in [2.05, 4.69) is 33.9 Å². The summed E-state index contributed by atoms with van der Waals surface area (Å²) in [5.74, 6) is -2.00. The molecule has 4 atom stereocenters. The fourth-order valence-electron chi connectivity index (χ4n) is 3.99. The highest BCUT2D eigenvalue weighted by atomic mass is 28.4. The molecule has 0 unspecified atom stereocenters. The van der Waals surface area contributed by atoms with Crippen LogP contribution >= 0.6 is 0 Å². The lowest BCUT2D eigenvalue weighted by atomic mass is 9.85. The van der Waals surface area contributed by atoms with E-state index in [0.29, 0.717) is 6.42 Å². The highest BCUT2D eigenvalue weighted by molar-refractivity contribution is 6.74. The van der Waals surface area contributed by atoms with E-state index in [1.165, 1.54) is 0 Å². The number of benzene rings is 1. The van der Waals surface area contributed by atoms with Crippen molar-refractivity contribution in [2.24, 2.45) is 17.8 Å². The topological polar surface area (TPSA) is 72.9 Å². The van der Waals surface area contributed by atoms with E-state index in [4.69, 9.17) is 9.16 Å². The standard InChI is InChI=1S/C26H41NO5Si/c1-17(2)23(32-33(8,9)26(5,6)7)18(3)22(28)19(4)24(29)27-21(16-31-25(27)30)15-20-13-11-10-12-14-20/h10-14,17-19,21,23H,15-16H2,1-9H3/t18-,19+,21+,23-/m1/s1. The minimum absolute atomic E-state index is 0.00825. The van der Waals surface area contributed by atoms with Crippen molar-refractivity contribution >= 4 is 26.1 Å². The molecule has 6 nitrogen and oxygen atoms in total. The number of ketones is 1. The average Bonchev–Trinajstić information content (AvgIpc) is 3.09. The third-order valence-electron chi connectivity index (χ3n) is 7.15. The number of hydrogen-bond acceptors (Lipinski definition) is 5. The largest absolute Gasteiger partial charge is 0.447 e. The first kappa shape index (κ1) is 27.3. The molecule has 1 heterocycles. The van der Waals surface area contributed by atoms with E-state index < -0.39 is 38.2 Å². The summed E-state index contributed by atoms with van der Waals surface area (Å²) in [6.45, 7) is 18.5. The molecule has 0 bridgehead atoms. The van der Waals surface area contributed by atoms with Gasteiger partial charge >= 0.3 is 6.09 Å². The van der Waals surface area contributed by atoms with Crippen molar-refractivity contribution in [3.63, 3.8) is 0 Å². The van der Waals surface area contributed by atoms with E-state index in [1.54, 1.807) is 6.92 Å². The van der Waals surface area contributed by atoms with Gasteiger partial charge in [-0.2, -0.15) is 0 Å². The van der Waals surface area contributed by atoms with E-state index >= 15 is 0 Å². The van der Waals surface area contributed by atoms with Gasteiger partial charge in [0.1, 0.15) is 12.4 Å². The summed E-state index contributed by atoms with van der Waals surface area (Å²) in [6, 6.07) is 9.24. The zero-order valence-corrected chi connectivity index (χ0v) is 22.7. The first-order valence-corrected chi connectivity index (χ1v) is 14.8. The molecule has 0 saturated carbocycles. The van der Waals surface area contributed by atoms with Crippen LogP contribution in [0.15, 0.2) is 30.3 Å². The Hall–Kier alpha value is -1.99. The molecule has 1 fully saturated rings. The monoisotopic (exact) mass is 475 g/mol. The maximum atomic E-state index is 13.4. The minimum Gasteiger partial charge on any atom is -0.447 e. The van der Waals surface area contributed by atoms with Crippen LogP contribution in [0.4, 0.5) is 4.79 Å². The quantitative estimate of drug-likeness (QED) is 0.350. The molecule has 1 aliphatic heterocycles. The SMILES string of the molecule is CC(C)[C@@H](O[Si](C)(C)C(C)(C)C)[C@H](C)C(=O)[C@H](C)C(=O)N1C(=O)OC[C@@H]1Cc1ccccc1. The molecule has 1 saturated heterocycles. The molecule has 0 aliphatic carbocycles. The number of hydrogen-bond donors (Lipinski definition) is 0. The zero-order chi connectivity index (χ0) is 25.1. The number of amides is 2. The Balaban J connectivity index is 2.18. The molecule has 184 valence electrons. The van der Waals surface area contributed by atoms with E-state index in [0.717, 1.165) is 10.5 Å². The zero-order valence-electron chi connectivity index (χ0n) is 21.7. The van der Waals surface area contributed by atoms with Gasteiger partial charge in [-0.25, -0.2) is 9.69 Å². The lowest BCUT2D eigenvalue weighted by molar-refractivity contribution is -0.142. The van der Waals surface area contributed by atoms with Gasteiger partial charge in [-0.3, -0.25) is 9.59 Å². The van der Waals surface area contributed by atoms with Crippen LogP contribution in [0.1, 0.15) is 54.0 Å². The average molecular weight is 476 g/mol. The van der Waals surface area contributed by atoms with Gasteiger partial charge in [-0.15, -0.1) is 0 Å². The fraction of sp³-hybridized carbons (Fsp3) is 0.654. The number of Topliss-reactive ketones (excluding diaryl/α,β-unsaturated/α-hetero) is 1. The van der Waals surface area contributed by atoms with Crippen LogP contribution in [0.3, 0.4) is 0 Å². The number of imide groups is 1. The molecule has 2 rings (SSSR count). The summed E-state index contributed by atoms with van der Waals surface area (Å²) < 4.78 is 11.8. The lowest BCUT2D eigenvalue weighted by Crippen LogP contribution is -2.50. The molecule has 0 N–H and O–H groups in total. The van der Waals surface area contributed by atoms with E-state index in [9.17, 15) is 14.4 Å². The third kappa shape index (κ3) is 6.32. The molecule has 1 aromatic carbocycles. The van der Waals surface area contributed by atoms with Gasteiger partial charge in [0.25, 0.3) is 0 Å². The predicted molar refractivity (Wildman–Crippen MR) is 132 cm³/mol. The highest BCUT2D eigenvalue weighted by Gasteiger charge is 2.45. The molecule has 0 aromatic heterocycles. The third-order valence-corrected chi connectivity index (χ3v) is 11.6. The Bertz CT molecular complexity index is 846. The van der Waals surface area contributed by atoms with E-state index in [-0.39, 0.29) is 29.5 Å². The van der Waals surface area contributed by atoms with Crippen molar-refractivity contribution in [3.05, 3.63) is 35.9 Å². The first-order valence-electron chi connectivity index (χ1n) is 11.9. The van der Waals surface area contributed by atoms with Gasteiger partial charge < -0.3 is 9.16 Å².